The Kier molecular flexibility index (Phi) is 5.04. The Hall–Kier alpha value is -3.05. The van der Waals surface area contributed by atoms with Crippen molar-refractivity contribution in [2.45, 2.75) is 6.18 Å². The minimum absolute atomic E-state index is 0.0855. The highest BCUT2D eigenvalue weighted by Crippen LogP contribution is 2.40. The fourth-order valence-corrected chi connectivity index (χ4v) is 2.75. The zero-order valence-corrected chi connectivity index (χ0v) is 14.8. The molecular weight excluding hydrogens is 428 g/mol. The predicted molar refractivity (Wildman–Crippen MR) is 94.0 cm³/mol. The van der Waals surface area contributed by atoms with Gasteiger partial charge in [-0.15, -0.1) is 0 Å². The van der Waals surface area contributed by atoms with Gasteiger partial charge < -0.3 is 10.1 Å². The van der Waals surface area contributed by atoms with E-state index < -0.39 is 17.0 Å². The highest BCUT2D eigenvalue weighted by molar-refractivity contribution is 6.37. The molecular formula is C15H7Cl2F3N4O4. The molecule has 0 atom stereocenters. The molecule has 1 aromatic heterocycles. The Morgan fingerprint density at radius 2 is 1.86 bits per heavy atom. The van der Waals surface area contributed by atoms with E-state index in [1.54, 1.807) is 5.32 Å². The summed E-state index contributed by atoms with van der Waals surface area (Å²) in [4.78, 5) is 21.2. The minimum atomic E-state index is -5.08. The minimum Gasteiger partial charge on any atom is -0.454 e. The van der Waals surface area contributed by atoms with E-state index in [0.29, 0.717) is 5.52 Å². The van der Waals surface area contributed by atoms with Gasteiger partial charge >= 0.3 is 12.1 Å². The highest BCUT2D eigenvalue weighted by Gasteiger charge is 2.39. The summed E-state index contributed by atoms with van der Waals surface area (Å²) in [6.07, 6.45) is -5.08. The van der Waals surface area contributed by atoms with Gasteiger partial charge in [0.15, 0.2) is 11.6 Å². The van der Waals surface area contributed by atoms with Crippen LogP contribution in [0.3, 0.4) is 0 Å². The van der Waals surface area contributed by atoms with E-state index >= 15 is 0 Å². The van der Waals surface area contributed by atoms with Crippen LogP contribution in [0.15, 0.2) is 30.3 Å². The number of fused-ring (bicyclic) bond motifs is 1. The number of nitro benzene ring substituents is 1. The molecule has 0 aliphatic heterocycles. The third kappa shape index (κ3) is 3.94. The van der Waals surface area contributed by atoms with Crippen molar-refractivity contribution in [3.05, 3.63) is 50.5 Å². The molecule has 0 spiro atoms. The number of hydrogen-bond donors (Lipinski definition) is 2. The first-order valence-corrected chi connectivity index (χ1v) is 7.99. The number of ether oxygens (including phenoxy) is 1. The molecule has 0 bridgehead atoms. The molecule has 0 radical (unpaired) electrons. The summed E-state index contributed by atoms with van der Waals surface area (Å²) in [5, 5.41) is 18.4. The number of rotatable bonds is 4. The Morgan fingerprint density at radius 3 is 2.43 bits per heavy atom. The lowest BCUT2D eigenvalue weighted by Gasteiger charge is -2.10. The molecule has 0 aliphatic rings. The van der Waals surface area contributed by atoms with Crippen LogP contribution in [0, 0.1) is 10.1 Å². The first-order valence-electron chi connectivity index (χ1n) is 7.24. The van der Waals surface area contributed by atoms with E-state index in [-0.39, 0.29) is 38.4 Å². The maximum atomic E-state index is 12.4. The van der Waals surface area contributed by atoms with Crippen LogP contribution in [-0.2, 0) is 4.79 Å². The van der Waals surface area contributed by atoms with Gasteiger partial charge in [0, 0.05) is 17.5 Å². The quantitative estimate of drug-likeness (QED) is 0.439. The van der Waals surface area contributed by atoms with Crippen LogP contribution in [0.2, 0.25) is 10.0 Å². The number of hydrogen-bond acceptors (Lipinski definition) is 5. The highest BCUT2D eigenvalue weighted by atomic mass is 35.5. The number of anilines is 1. The second kappa shape index (κ2) is 7.17. The molecule has 1 heterocycles. The number of halogens is 5. The Bertz CT molecular complexity index is 1080. The van der Waals surface area contributed by atoms with Crippen molar-refractivity contribution >= 4 is 51.5 Å². The van der Waals surface area contributed by atoms with Crippen molar-refractivity contribution in [2.24, 2.45) is 0 Å². The first kappa shape index (κ1) is 19.7. The van der Waals surface area contributed by atoms with Gasteiger partial charge in [-0.3, -0.25) is 20.0 Å². The number of H-pyrrole nitrogens is 1. The van der Waals surface area contributed by atoms with E-state index in [0.717, 1.165) is 12.1 Å². The summed E-state index contributed by atoms with van der Waals surface area (Å²) in [5.41, 5.74) is -0.0181. The summed E-state index contributed by atoms with van der Waals surface area (Å²) in [7, 11) is 0. The third-order valence-corrected chi connectivity index (χ3v) is 4.00. The third-order valence-electron chi connectivity index (χ3n) is 3.44. The van der Waals surface area contributed by atoms with Gasteiger partial charge in [-0.1, -0.05) is 23.2 Å². The van der Waals surface area contributed by atoms with Crippen LogP contribution in [0.5, 0.6) is 11.5 Å². The van der Waals surface area contributed by atoms with E-state index in [1.807, 2.05) is 0 Å². The number of alkyl halides is 3. The molecule has 13 heteroatoms. The molecule has 2 N–H and O–H groups in total. The van der Waals surface area contributed by atoms with Gasteiger partial charge in [0.25, 0.3) is 5.69 Å². The lowest BCUT2D eigenvalue weighted by molar-refractivity contribution is -0.384. The van der Waals surface area contributed by atoms with Crippen LogP contribution in [0.25, 0.3) is 10.9 Å². The molecule has 3 rings (SSSR count). The SMILES string of the molecule is O=C(Nc1n[nH]c2ccc(Oc3c(Cl)cc([N+](=O)[O-])cc3Cl)cc12)C(F)(F)F. The van der Waals surface area contributed by atoms with Crippen molar-refractivity contribution in [1.82, 2.24) is 10.2 Å². The van der Waals surface area contributed by atoms with E-state index in [4.69, 9.17) is 27.9 Å². The number of carbonyl (C=O) groups excluding carboxylic acids is 1. The van der Waals surface area contributed by atoms with Crippen molar-refractivity contribution < 1.29 is 27.6 Å². The monoisotopic (exact) mass is 434 g/mol. The molecule has 0 saturated carbocycles. The molecule has 146 valence electrons. The largest absolute Gasteiger partial charge is 0.471 e. The number of aromatic amines is 1. The topological polar surface area (TPSA) is 110 Å². The van der Waals surface area contributed by atoms with Gasteiger partial charge in [-0.25, -0.2) is 0 Å². The zero-order chi connectivity index (χ0) is 20.6. The first-order chi connectivity index (χ1) is 13.1. The fourth-order valence-electron chi connectivity index (χ4n) is 2.20. The summed E-state index contributed by atoms with van der Waals surface area (Å²) in [6.45, 7) is 0. The van der Waals surface area contributed by atoms with Crippen LogP contribution in [-0.4, -0.2) is 27.2 Å². The van der Waals surface area contributed by atoms with Crippen LogP contribution < -0.4 is 10.1 Å². The summed E-state index contributed by atoms with van der Waals surface area (Å²) < 4.78 is 42.8. The average molecular weight is 435 g/mol. The number of nitro groups is 1. The van der Waals surface area contributed by atoms with Crippen LogP contribution >= 0.6 is 23.2 Å². The average Bonchev–Trinajstić information content (AvgIpc) is 2.99. The number of nitrogens with one attached hydrogen (secondary N) is 2. The zero-order valence-electron chi connectivity index (χ0n) is 13.3. The second-order valence-electron chi connectivity index (χ2n) is 5.33. The van der Waals surface area contributed by atoms with Gasteiger partial charge in [-0.2, -0.15) is 18.3 Å². The maximum Gasteiger partial charge on any atom is 0.471 e. The number of non-ortho nitro benzene ring substituents is 1. The van der Waals surface area contributed by atoms with Gasteiger partial charge in [-0.05, 0) is 18.2 Å². The summed E-state index contributed by atoms with van der Waals surface area (Å²) in [6, 6.07) is 6.24. The number of carbonyl (C=O) groups is 1. The molecule has 1 amide bonds. The molecule has 8 nitrogen and oxygen atoms in total. The lowest BCUT2D eigenvalue weighted by Crippen LogP contribution is -2.30. The fraction of sp³-hybridized carbons (Fsp3) is 0.0667. The maximum absolute atomic E-state index is 12.4. The molecule has 3 aromatic rings. The standard InChI is InChI=1S/C15H7Cl2F3N4O4/c16-9-3-6(24(26)27)4-10(17)12(9)28-7-1-2-11-8(5-7)13(23-22-11)21-14(25)15(18,19)20/h1-5H,(H2,21,22,23,25). The molecule has 0 aliphatic carbocycles. The second-order valence-corrected chi connectivity index (χ2v) is 6.14. The molecule has 0 fully saturated rings. The van der Waals surface area contributed by atoms with Crippen molar-refractivity contribution in [2.75, 3.05) is 5.32 Å². The predicted octanol–water partition coefficient (Wildman–Crippen LogP) is 5.07. The number of benzene rings is 2. The normalized spacial score (nSPS) is 11.5. The van der Waals surface area contributed by atoms with Gasteiger partial charge in [0.1, 0.15) is 5.75 Å². The Balaban J connectivity index is 1.94. The number of amides is 1. The molecule has 0 unspecified atom stereocenters. The van der Waals surface area contributed by atoms with E-state index in [9.17, 15) is 28.1 Å². The molecule has 28 heavy (non-hydrogen) atoms. The van der Waals surface area contributed by atoms with Crippen LogP contribution in [0.1, 0.15) is 0 Å². The molecule has 2 aromatic carbocycles. The molecule has 0 saturated heterocycles. The smallest absolute Gasteiger partial charge is 0.454 e. The summed E-state index contributed by atoms with van der Waals surface area (Å²) in [5.74, 6) is -2.54. The lowest BCUT2D eigenvalue weighted by atomic mass is 10.2. The van der Waals surface area contributed by atoms with Gasteiger partial charge in [0.2, 0.25) is 0 Å². The number of aromatic nitrogens is 2. The Morgan fingerprint density at radius 1 is 1.21 bits per heavy atom. The summed E-state index contributed by atoms with van der Waals surface area (Å²) >= 11 is 11.9. The van der Waals surface area contributed by atoms with E-state index in [2.05, 4.69) is 10.2 Å². The van der Waals surface area contributed by atoms with Crippen LogP contribution in [0.4, 0.5) is 24.7 Å². The van der Waals surface area contributed by atoms with Gasteiger partial charge in [0.05, 0.1) is 20.5 Å². The van der Waals surface area contributed by atoms with E-state index in [1.165, 1.54) is 18.2 Å². The van der Waals surface area contributed by atoms with Crippen molar-refractivity contribution in [3.63, 3.8) is 0 Å². The van der Waals surface area contributed by atoms with Crippen molar-refractivity contribution in [1.29, 1.82) is 0 Å². The Labute approximate surface area is 163 Å². The number of nitrogens with zero attached hydrogens (tertiary/aromatic N) is 2. The van der Waals surface area contributed by atoms with Crippen molar-refractivity contribution in [3.8, 4) is 11.5 Å².